The molecule has 1 aromatic rings. The molecule has 0 aliphatic carbocycles. The van der Waals surface area contributed by atoms with Crippen molar-refractivity contribution in [1.29, 1.82) is 0 Å². The molecule has 6 heteroatoms. The van der Waals surface area contributed by atoms with E-state index in [0.717, 1.165) is 24.2 Å². The lowest BCUT2D eigenvalue weighted by molar-refractivity contribution is -0.137. The fourth-order valence-corrected chi connectivity index (χ4v) is 2.27. The molecule has 0 aromatic heterocycles. The summed E-state index contributed by atoms with van der Waals surface area (Å²) in [6.07, 6.45) is 1.91. The van der Waals surface area contributed by atoms with Crippen LogP contribution in [-0.2, 0) is 16.1 Å². The van der Waals surface area contributed by atoms with Gasteiger partial charge in [-0.25, -0.2) is 4.79 Å². The Morgan fingerprint density at radius 1 is 1.08 bits per heavy atom. The van der Waals surface area contributed by atoms with E-state index in [9.17, 15) is 9.59 Å². The topological polar surface area (TPSA) is 76.1 Å². The summed E-state index contributed by atoms with van der Waals surface area (Å²) in [5, 5.41) is 8.68. The van der Waals surface area contributed by atoms with Gasteiger partial charge in [-0.2, -0.15) is 0 Å². The molecule has 0 aliphatic heterocycles. The van der Waals surface area contributed by atoms with Gasteiger partial charge in [0, 0.05) is 19.5 Å². The average Bonchev–Trinajstić information content (AvgIpc) is 2.52. The Morgan fingerprint density at radius 3 is 2.24 bits per heavy atom. The lowest BCUT2D eigenvalue weighted by Gasteiger charge is -2.27. The first-order chi connectivity index (χ1) is 11.7. The van der Waals surface area contributed by atoms with Crippen LogP contribution in [0.1, 0.15) is 52.0 Å². The van der Waals surface area contributed by atoms with Gasteiger partial charge in [0.15, 0.2) is 0 Å². The highest BCUT2D eigenvalue weighted by molar-refractivity contribution is 5.68. The normalized spacial score (nSPS) is 11.0. The Balaban J connectivity index is 2.65. The molecule has 1 aromatic carbocycles. The van der Waals surface area contributed by atoms with Crippen LogP contribution in [0.3, 0.4) is 0 Å². The van der Waals surface area contributed by atoms with E-state index in [2.05, 4.69) is 0 Å². The molecule has 25 heavy (non-hydrogen) atoms. The Labute approximate surface area is 149 Å². The molecule has 1 N–H and O–H groups in total. The van der Waals surface area contributed by atoms with Crippen LogP contribution in [0, 0.1) is 0 Å². The van der Waals surface area contributed by atoms with Crippen LogP contribution in [0.25, 0.3) is 0 Å². The predicted octanol–water partition coefficient (Wildman–Crippen LogP) is 4.08. The van der Waals surface area contributed by atoms with Crippen LogP contribution in [0.5, 0.6) is 5.75 Å². The molecule has 0 unspecified atom stereocenters. The summed E-state index contributed by atoms with van der Waals surface area (Å²) in [7, 11) is 1.61. The molecule has 1 rings (SSSR count). The Morgan fingerprint density at radius 2 is 1.72 bits per heavy atom. The van der Waals surface area contributed by atoms with Crippen LogP contribution in [0.2, 0.25) is 0 Å². The fraction of sp³-hybridized carbons (Fsp3) is 0.579. The van der Waals surface area contributed by atoms with Crippen molar-refractivity contribution in [1.82, 2.24) is 4.90 Å². The van der Waals surface area contributed by atoms with E-state index in [0.29, 0.717) is 19.5 Å². The number of benzene rings is 1. The van der Waals surface area contributed by atoms with E-state index in [1.165, 1.54) is 0 Å². The van der Waals surface area contributed by atoms with E-state index in [1.54, 1.807) is 12.0 Å². The minimum absolute atomic E-state index is 0.158. The zero-order valence-corrected chi connectivity index (χ0v) is 15.6. The van der Waals surface area contributed by atoms with Crippen LogP contribution < -0.4 is 4.74 Å². The molecule has 140 valence electrons. The predicted molar refractivity (Wildman–Crippen MR) is 95.7 cm³/mol. The molecule has 0 bridgehead atoms. The number of aliphatic carboxylic acids is 1. The number of ether oxygens (including phenoxy) is 2. The average molecular weight is 351 g/mol. The maximum Gasteiger partial charge on any atom is 0.410 e. The van der Waals surface area contributed by atoms with E-state index in [1.807, 2.05) is 45.0 Å². The molecule has 0 heterocycles. The van der Waals surface area contributed by atoms with Gasteiger partial charge in [-0.1, -0.05) is 18.6 Å². The highest BCUT2D eigenvalue weighted by Gasteiger charge is 2.22. The maximum absolute atomic E-state index is 12.4. The van der Waals surface area contributed by atoms with Crippen LogP contribution in [0.4, 0.5) is 4.79 Å². The van der Waals surface area contributed by atoms with Gasteiger partial charge in [-0.3, -0.25) is 4.79 Å². The smallest absolute Gasteiger partial charge is 0.410 e. The summed E-state index contributed by atoms with van der Waals surface area (Å²) in [6, 6.07) is 7.55. The van der Waals surface area contributed by atoms with Crippen molar-refractivity contribution < 1.29 is 24.2 Å². The Hall–Kier alpha value is -2.24. The van der Waals surface area contributed by atoms with Crippen molar-refractivity contribution in [2.24, 2.45) is 0 Å². The van der Waals surface area contributed by atoms with E-state index in [-0.39, 0.29) is 12.5 Å². The first-order valence-electron chi connectivity index (χ1n) is 8.54. The monoisotopic (exact) mass is 351 g/mol. The van der Waals surface area contributed by atoms with Gasteiger partial charge in [-0.05, 0) is 51.3 Å². The van der Waals surface area contributed by atoms with Gasteiger partial charge in [0.25, 0.3) is 0 Å². The number of amides is 1. The quantitative estimate of drug-likeness (QED) is 0.679. The largest absolute Gasteiger partial charge is 0.497 e. The van der Waals surface area contributed by atoms with Gasteiger partial charge in [-0.15, -0.1) is 0 Å². The van der Waals surface area contributed by atoms with Gasteiger partial charge in [0.05, 0.1) is 7.11 Å². The molecular formula is C19H29NO5. The number of carboxylic acids is 1. The Bertz CT molecular complexity index is 548. The number of hydrogen-bond donors (Lipinski definition) is 1. The number of methoxy groups -OCH3 is 1. The third kappa shape index (κ3) is 8.98. The summed E-state index contributed by atoms with van der Waals surface area (Å²) >= 11 is 0. The molecule has 1 amide bonds. The van der Waals surface area contributed by atoms with Crippen molar-refractivity contribution in [3.05, 3.63) is 29.8 Å². The lowest BCUT2D eigenvalue weighted by Crippen LogP contribution is -2.37. The number of carbonyl (C=O) groups is 2. The maximum atomic E-state index is 12.4. The summed E-state index contributed by atoms with van der Waals surface area (Å²) in [6.45, 7) is 6.48. The van der Waals surface area contributed by atoms with Gasteiger partial charge >= 0.3 is 12.1 Å². The fourth-order valence-electron chi connectivity index (χ4n) is 2.27. The van der Waals surface area contributed by atoms with E-state index < -0.39 is 11.6 Å². The number of carbonyl (C=O) groups excluding carboxylic acids is 1. The molecule has 0 fully saturated rings. The van der Waals surface area contributed by atoms with Crippen molar-refractivity contribution in [3.63, 3.8) is 0 Å². The molecule has 0 radical (unpaired) electrons. The van der Waals surface area contributed by atoms with Gasteiger partial charge in [0.2, 0.25) is 0 Å². The molecular weight excluding hydrogens is 322 g/mol. The number of hydrogen-bond acceptors (Lipinski definition) is 4. The Kier molecular flexibility index (Phi) is 8.25. The molecule has 0 atom stereocenters. The molecule has 0 saturated heterocycles. The number of rotatable bonds is 9. The SMILES string of the molecule is COc1ccc(CN(CCCCCC(=O)O)C(=O)OC(C)(C)C)cc1. The molecule has 0 spiro atoms. The van der Waals surface area contributed by atoms with Crippen molar-refractivity contribution in [2.45, 2.75) is 58.6 Å². The zero-order valence-electron chi connectivity index (χ0n) is 15.6. The lowest BCUT2D eigenvalue weighted by atomic mass is 10.1. The second kappa shape index (κ2) is 9.91. The van der Waals surface area contributed by atoms with Crippen molar-refractivity contribution in [3.8, 4) is 5.75 Å². The second-order valence-electron chi connectivity index (χ2n) is 6.95. The number of unbranched alkanes of at least 4 members (excludes halogenated alkanes) is 2. The second-order valence-corrected chi connectivity index (χ2v) is 6.95. The van der Waals surface area contributed by atoms with Crippen LogP contribution >= 0.6 is 0 Å². The van der Waals surface area contributed by atoms with Crippen LogP contribution in [0.15, 0.2) is 24.3 Å². The third-order valence-corrected chi connectivity index (χ3v) is 3.50. The summed E-state index contributed by atoms with van der Waals surface area (Å²) in [5.41, 5.74) is 0.427. The molecule has 0 aliphatic rings. The molecule has 6 nitrogen and oxygen atoms in total. The molecule has 0 saturated carbocycles. The van der Waals surface area contributed by atoms with E-state index >= 15 is 0 Å². The first-order valence-corrected chi connectivity index (χ1v) is 8.54. The summed E-state index contributed by atoms with van der Waals surface area (Å²) in [5.74, 6) is -0.0246. The van der Waals surface area contributed by atoms with Crippen molar-refractivity contribution in [2.75, 3.05) is 13.7 Å². The number of nitrogens with zero attached hydrogens (tertiary/aromatic N) is 1. The highest BCUT2D eigenvalue weighted by Crippen LogP contribution is 2.16. The highest BCUT2D eigenvalue weighted by atomic mass is 16.6. The van der Waals surface area contributed by atoms with Crippen LogP contribution in [-0.4, -0.2) is 41.3 Å². The van der Waals surface area contributed by atoms with Gasteiger partial charge < -0.3 is 19.5 Å². The third-order valence-electron chi connectivity index (χ3n) is 3.50. The first kappa shape index (κ1) is 20.8. The zero-order chi connectivity index (χ0) is 18.9. The van der Waals surface area contributed by atoms with Gasteiger partial charge in [0.1, 0.15) is 11.4 Å². The standard InChI is InChI=1S/C19H29NO5/c1-19(2,3)25-18(23)20(13-7-5-6-8-17(21)22)14-15-9-11-16(24-4)12-10-15/h9-12H,5-8,13-14H2,1-4H3,(H,21,22). The van der Waals surface area contributed by atoms with Crippen molar-refractivity contribution >= 4 is 12.1 Å². The number of carboxylic acid groups (broad SMARTS) is 1. The minimum atomic E-state index is -0.790. The van der Waals surface area contributed by atoms with E-state index in [4.69, 9.17) is 14.6 Å². The minimum Gasteiger partial charge on any atom is -0.497 e. The summed E-state index contributed by atoms with van der Waals surface area (Å²) in [4.78, 5) is 24.7. The summed E-state index contributed by atoms with van der Waals surface area (Å²) < 4.78 is 10.6.